The van der Waals surface area contributed by atoms with Gasteiger partial charge in [-0.05, 0) is 31.0 Å². The van der Waals surface area contributed by atoms with Crippen LogP contribution in [-0.2, 0) is 15.9 Å². The monoisotopic (exact) mass is 307 g/mol. The number of hydrogen-bond acceptors (Lipinski definition) is 2. The standard InChI is InChI=1S/C13H19ClFNO2S/c1-4-5-6-16(3)19(17,18)12-7-10(2)13(15)11(8-12)9-14/h7-8H,4-6,9H2,1-3H3. The highest BCUT2D eigenvalue weighted by Gasteiger charge is 2.22. The Bertz CT molecular complexity index is 546. The van der Waals surface area contributed by atoms with Gasteiger partial charge in [0.1, 0.15) is 5.82 Å². The van der Waals surface area contributed by atoms with Crippen molar-refractivity contribution in [1.29, 1.82) is 0 Å². The summed E-state index contributed by atoms with van der Waals surface area (Å²) in [6, 6.07) is 2.66. The molecule has 0 radical (unpaired) electrons. The van der Waals surface area contributed by atoms with E-state index in [1.165, 1.54) is 30.4 Å². The minimum Gasteiger partial charge on any atom is -0.207 e. The summed E-state index contributed by atoms with van der Waals surface area (Å²) >= 11 is 5.64. The number of hydrogen-bond donors (Lipinski definition) is 0. The van der Waals surface area contributed by atoms with Crippen molar-refractivity contribution in [3.8, 4) is 0 Å². The SMILES string of the molecule is CCCCN(C)S(=O)(=O)c1cc(C)c(F)c(CCl)c1. The summed E-state index contributed by atoms with van der Waals surface area (Å²) in [5.41, 5.74) is 0.504. The average molecular weight is 308 g/mol. The van der Waals surface area contributed by atoms with E-state index in [-0.39, 0.29) is 16.3 Å². The van der Waals surface area contributed by atoms with Gasteiger partial charge in [-0.1, -0.05) is 13.3 Å². The van der Waals surface area contributed by atoms with Crippen LogP contribution in [0.5, 0.6) is 0 Å². The highest BCUT2D eigenvalue weighted by atomic mass is 35.5. The fourth-order valence-electron chi connectivity index (χ4n) is 1.73. The van der Waals surface area contributed by atoms with E-state index in [2.05, 4.69) is 0 Å². The van der Waals surface area contributed by atoms with E-state index in [0.29, 0.717) is 12.1 Å². The molecule has 108 valence electrons. The molecular weight excluding hydrogens is 289 g/mol. The molecule has 0 aliphatic rings. The summed E-state index contributed by atoms with van der Waals surface area (Å²) in [6.45, 7) is 3.98. The first kappa shape index (κ1) is 16.4. The molecule has 0 aliphatic heterocycles. The number of alkyl halides is 1. The lowest BCUT2D eigenvalue weighted by Gasteiger charge is -2.18. The molecule has 0 atom stereocenters. The molecule has 1 rings (SSSR count). The van der Waals surface area contributed by atoms with Gasteiger partial charge in [0, 0.05) is 19.2 Å². The summed E-state index contributed by atoms with van der Waals surface area (Å²) in [5, 5.41) is 0. The fraction of sp³-hybridized carbons (Fsp3) is 0.538. The topological polar surface area (TPSA) is 37.4 Å². The maximum Gasteiger partial charge on any atom is 0.242 e. The number of unbranched alkanes of at least 4 members (excludes halogenated alkanes) is 1. The zero-order chi connectivity index (χ0) is 14.6. The summed E-state index contributed by atoms with van der Waals surface area (Å²) in [6.07, 6.45) is 1.70. The first-order valence-electron chi connectivity index (χ1n) is 6.16. The number of aryl methyl sites for hydroxylation is 1. The van der Waals surface area contributed by atoms with Gasteiger partial charge in [-0.2, -0.15) is 0 Å². The maximum absolute atomic E-state index is 13.7. The second kappa shape index (κ2) is 6.68. The molecule has 6 heteroatoms. The smallest absolute Gasteiger partial charge is 0.207 e. The summed E-state index contributed by atoms with van der Waals surface area (Å²) < 4.78 is 39.6. The quantitative estimate of drug-likeness (QED) is 0.756. The van der Waals surface area contributed by atoms with E-state index in [1.807, 2.05) is 6.92 Å². The molecule has 0 heterocycles. The molecule has 3 nitrogen and oxygen atoms in total. The summed E-state index contributed by atoms with van der Waals surface area (Å²) in [5.74, 6) is -0.487. The highest BCUT2D eigenvalue weighted by Crippen LogP contribution is 2.23. The number of benzene rings is 1. The van der Waals surface area contributed by atoms with Gasteiger partial charge >= 0.3 is 0 Å². The first-order chi connectivity index (χ1) is 8.84. The predicted molar refractivity (Wildman–Crippen MR) is 75.4 cm³/mol. The normalized spacial score (nSPS) is 12.1. The van der Waals surface area contributed by atoms with Gasteiger partial charge in [0.25, 0.3) is 0 Å². The van der Waals surface area contributed by atoms with Gasteiger partial charge < -0.3 is 0 Å². The van der Waals surface area contributed by atoms with Crippen molar-refractivity contribution in [2.75, 3.05) is 13.6 Å². The van der Waals surface area contributed by atoms with Crippen molar-refractivity contribution < 1.29 is 12.8 Å². The van der Waals surface area contributed by atoms with Crippen LogP contribution in [0.3, 0.4) is 0 Å². The molecule has 0 saturated heterocycles. The van der Waals surface area contributed by atoms with Gasteiger partial charge in [-0.3, -0.25) is 0 Å². The van der Waals surface area contributed by atoms with E-state index in [4.69, 9.17) is 11.6 Å². The molecule has 0 bridgehead atoms. The average Bonchev–Trinajstić information content (AvgIpc) is 2.38. The molecule has 19 heavy (non-hydrogen) atoms. The van der Waals surface area contributed by atoms with Crippen molar-refractivity contribution in [3.63, 3.8) is 0 Å². The molecule has 0 unspecified atom stereocenters. The molecule has 0 N–H and O–H groups in total. The summed E-state index contributed by atoms with van der Waals surface area (Å²) in [7, 11) is -2.04. The fourth-order valence-corrected chi connectivity index (χ4v) is 3.27. The first-order valence-corrected chi connectivity index (χ1v) is 8.13. The Balaban J connectivity index is 3.18. The lowest BCUT2D eigenvalue weighted by atomic mass is 10.1. The Hall–Kier alpha value is -0.650. The second-order valence-electron chi connectivity index (χ2n) is 4.53. The predicted octanol–water partition coefficient (Wildman–Crippen LogP) is 3.29. The Kier molecular flexibility index (Phi) is 5.77. The molecule has 0 aromatic heterocycles. The van der Waals surface area contributed by atoms with E-state index in [1.54, 1.807) is 0 Å². The zero-order valence-corrected chi connectivity index (χ0v) is 13.0. The van der Waals surface area contributed by atoms with E-state index >= 15 is 0 Å². The third-order valence-corrected chi connectivity index (χ3v) is 5.10. The van der Waals surface area contributed by atoms with E-state index in [0.717, 1.165) is 12.8 Å². The van der Waals surface area contributed by atoms with Crippen LogP contribution in [0, 0.1) is 12.7 Å². The lowest BCUT2D eigenvalue weighted by Crippen LogP contribution is -2.28. The van der Waals surface area contributed by atoms with Crippen LogP contribution < -0.4 is 0 Å². The molecule has 1 aromatic rings. The largest absolute Gasteiger partial charge is 0.242 e. The Labute approximate surface area is 119 Å². The molecule has 0 amide bonds. The van der Waals surface area contributed by atoms with Crippen molar-refractivity contribution in [3.05, 3.63) is 29.1 Å². The van der Waals surface area contributed by atoms with Gasteiger partial charge in [-0.15, -0.1) is 11.6 Å². The van der Waals surface area contributed by atoms with Crippen LogP contribution in [-0.4, -0.2) is 26.3 Å². The molecule has 0 saturated carbocycles. The summed E-state index contributed by atoms with van der Waals surface area (Å²) in [4.78, 5) is 0.0978. The Morgan fingerprint density at radius 2 is 2.00 bits per heavy atom. The maximum atomic E-state index is 13.7. The molecule has 0 fully saturated rings. The zero-order valence-electron chi connectivity index (χ0n) is 11.4. The Morgan fingerprint density at radius 3 is 2.53 bits per heavy atom. The Morgan fingerprint density at radius 1 is 1.37 bits per heavy atom. The van der Waals surface area contributed by atoms with Gasteiger partial charge in [0.05, 0.1) is 10.8 Å². The van der Waals surface area contributed by atoms with Gasteiger partial charge in [-0.25, -0.2) is 17.1 Å². The number of halogens is 2. The highest BCUT2D eigenvalue weighted by molar-refractivity contribution is 7.89. The minimum atomic E-state index is -3.58. The minimum absolute atomic E-state index is 0.0469. The third-order valence-electron chi connectivity index (χ3n) is 2.98. The number of sulfonamides is 1. The molecule has 0 spiro atoms. The lowest BCUT2D eigenvalue weighted by molar-refractivity contribution is 0.459. The van der Waals surface area contributed by atoms with Crippen LogP contribution in [0.1, 0.15) is 30.9 Å². The second-order valence-corrected chi connectivity index (χ2v) is 6.84. The van der Waals surface area contributed by atoms with E-state index in [9.17, 15) is 12.8 Å². The van der Waals surface area contributed by atoms with Crippen LogP contribution in [0.4, 0.5) is 4.39 Å². The van der Waals surface area contributed by atoms with Crippen LogP contribution in [0.15, 0.2) is 17.0 Å². The number of rotatable bonds is 6. The van der Waals surface area contributed by atoms with Crippen molar-refractivity contribution in [2.45, 2.75) is 37.5 Å². The van der Waals surface area contributed by atoms with E-state index < -0.39 is 15.8 Å². The number of nitrogens with zero attached hydrogens (tertiary/aromatic N) is 1. The van der Waals surface area contributed by atoms with Crippen molar-refractivity contribution in [1.82, 2.24) is 4.31 Å². The van der Waals surface area contributed by atoms with Gasteiger partial charge in [0.15, 0.2) is 0 Å². The van der Waals surface area contributed by atoms with Gasteiger partial charge in [0.2, 0.25) is 10.0 Å². The van der Waals surface area contributed by atoms with Crippen molar-refractivity contribution >= 4 is 21.6 Å². The molecule has 0 aliphatic carbocycles. The molecule has 1 aromatic carbocycles. The molecular formula is C13H19ClFNO2S. The van der Waals surface area contributed by atoms with Crippen LogP contribution in [0.2, 0.25) is 0 Å². The van der Waals surface area contributed by atoms with Crippen molar-refractivity contribution in [2.24, 2.45) is 0 Å². The van der Waals surface area contributed by atoms with Crippen LogP contribution in [0.25, 0.3) is 0 Å². The third kappa shape index (κ3) is 3.68. The van der Waals surface area contributed by atoms with Crippen LogP contribution >= 0.6 is 11.6 Å².